The molecule has 0 unspecified atom stereocenters. The first-order valence-corrected chi connectivity index (χ1v) is 5.15. The number of nitrogens with one attached hydrogen (secondary N) is 2. The van der Waals surface area contributed by atoms with E-state index in [1.807, 2.05) is 0 Å². The van der Waals surface area contributed by atoms with Crippen LogP contribution in [0.5, 0.6) is 0 Å². The Balaban J connectivity index is 1.82. The number of rotatable bonds is 3. The topological polar surface area (TPSA) is 79.4 Å². The van der Waals surface area contributed by atoms with Crippen LogP contribution in [0, 0.1) is 0 Å². The molecule has 1 saturated carbocycles. The van der Waals surface area contributed by atoms with Crippen molar-refractivity contribution < 1.29 is 0 Å². The molecule has 2 heterocycles. The molecule has 0 spiro atoms. The van der Waals surface area contributed by atoms with Gasteiger partial charge in [0.05, 0.1) is 6.20 Å². The van der Waals surface area contributed by atoms with E-state index in [0.717, 1.165) is 5.13 Å². The quantitative estimate of drug-likeness (QED) is 0.783. The summed E-state index contributed by atoms with van der Waals surface area (Å²) >= 11 is 1.36. The summed E-state index contributed by atoms with van der Waals surface area (Å²) in [4.78, 5) is 4.31. The van der Waals surface area contributed by atoms with Crippen molar-refractivity contribution in [1.82, 2.24) is 24.8 Å². The lowest BCUT2D eigenvalue weighted by Crippen LogP contribution is -1.99. The number of anilines is 1. The molecule has 2 N–H and O–H groups in total. The summed E-state index contributed by atoms with van der Waals surface area (Å²) in [5.41, 5.74) is 0.685. The standard InChI is InChI=1S/C7H8N6S/c1-2-4(1)9-7-10-6(12-14-7)5-3-8-13-11-5/h3-4H,1-2H2,(H,8,11,13)(H,9,10,12). The smallest absolute Gasteiger partial charge is 0.203 e. The maximum Gasteiger partial charge on any atom is 0.203 e. The minimum atomic E-state index is 0.605. The van der Waals surface area contributed by atoms with Gasteiger partial charge in [-0.3, -0.25) is 0 Å². The van der Waals surface area contributed by atoms with Gasteiger partial charge in [0.15, 0.2) is 11.5 Å². The van der Waals surface area contributed by atoms with Gasteiger partial charge in [-0.2, -0.15) is 24.8 Å². The SMILES string of the molecule is c1n[nH]nc1-c1nsc(NC2CC2)n1. The number of hydrogen-bond acceptors (Lipinski definition) is 6. The summed E-state index contributed by atoms with van der Waals surface area (Å²) in [6.45, 7) is 0. The van der Waals surface area contributed by atoms with Crippen LogP contribution in [0.25, 0.3) is 11.5 Å². The Labute approximate surface area is 83.9 Å². The van der Waals surface area contributed by atoms with Crippen LogP contribution >= 0.6 is 11.5 Å². The predicted octanol–water partition coefficient (Wildman–Crippen LogP) is 0.897. The molecule has 0 aromatic carbocycles. The average Bonchev–Trinajstić information content (AvgIpc) is 2.71. The fraction of sp³-hybridized carbons (Fsp3) is 0.429. The van der Waals surface area contributed by atoms with Crippen molar-refractivity contribution in [1.29, 1.82) is 0 Å². The molecule has 2 aromatic heterocycles. The second kappa shape index (κ2) is 3.02. The summed E-state index contributed by atoms with van der Waals surface area (Å²) in [7, 11) is 0. The largest absolute Gasteiger partial charge is 0.358 e. The molecule has 3 rings (SSSR count). The van der Waals surface area contributed by atoms with Crippen LogP contribution < -0.4 is 5.32 Å². The Kier molecular flexibility index (Phi) is 1.69. The Hall–Kier alpha value is -1.50. The molecule has 7 heteroatoms. The third kappa shape index (κ3) is 1.46. The summed E-state index contributed by atoms with van der Waals surface area (Å²) in [6, 6.07) is 0.605. The van der Waals surface area contributed by atoms with E-state index in [-0.39, 0.29) is 0 Å². The second-order valence-corrected chi connectivity index (χ2v) is 3.95. The van der Waals surface area contributed by atoms with Crippen molar-refractivity contribution >= 4 is 16.7 Å². The highest BCUT2D eigenvalue weighted by Gasteiger charge is 2.22. The molecule has 6 nitrogen and oxygen atoms in total. The van der Waals surface area contributed by atoms with Gasteiger partial charge in [0.1, 0.15) is 0 Å². The average molecular weight is 208 g/mol. The third-order valence-electron chi connectivity index (χ3n) is 1.98. The van der Waals surface area contributed by atoms with E-state index < -0.39 is 0 Å². The number of aromatic nitrogens is 5. The zero-order valence-corrected chi connectivity index (χ0v) is 8.08. The van der Waals surface area contributed by atoms with Gasteiger partial charge in [-0.05, 0) is 12.8 Å². The molecule has 0 saturated heterocycles. The second-order valence-electron chi connectivity index (χ2n) is 3.20. The Morgan fingerprint density at radius 2 is 2.43 bits per heavy atom. The molecule has 0 amide bonds. The fourth-order valence-electron chi connectivity index (χ4n) is 1.10. The van der Waals surface area contributed by atoms with E-state index in [2.05, 4.69) is 30.1 Å². The van der Waals surface area contributed by atoms with Gasteiger partial charge >= 0.3 is 0 Å². The van der Waals surface area contributed by atoms with Crippen LogP contribution in [0.2, 0.25) is 0 Å². The molecule has 0 aliphatic heterocycles. The van der Waals surface area contributed by atoms with Gasteiger partial charge in [0.25, 0.3) is 0 Å². The number of hydrogen-bond donors (Lipinski definition) is 2. The molecule has 1 fully saturated rings. The molecular formula is C7H8N6S. The lowest BCUT2D eigenvalue weighted by molar-refractivity contribution is 0.940. The minimum Gasteiger partial charge on any atom is -0.358 e. The van der Waals surface area contributed by atoms with Crippen molar-refractivity contribution in [3.05, 3.63) is 6.20 Å². The van der Waals surface area contributed by atoms with Gasteiger partial charge in [0, 0.05) is 17.6 Å². The van der Waals surface area contributed by atoms with Crippen molar-refractivity contribution in [3.8, 4) is 11.5 Å². The molecule has 14 heavy (non-hydrogen) atoms. The first-order valence-electron chi connectivity index (χ1n) is 4.38. The lowest BCUT2D eigenvalue weighted by atomic mass is 10.5. The zero-order chi connectivity index (χ0) is 9.38. The summed E-state index contributed by atoms with van der Waals surface area (Å²) in [5.74, 6) is 0.631. The van der Waals surface area contributed by atoms with Crippen LogP contribution in [0.4, 0.5) is 5.13 Å². The highest BCUT2D eigenvalue weighted by Crippen LogP contribution is 2.26. The van der Waals surface area contributed by atoms with Crippen LogP contribution in [0.1, 0.15) is 12.8 Å². The van der Waals surface area contributed by atoms with E-state index in [1.54, 1.807) is 6.20 Å². The summed E-state index contributed by atoms with van der Waals surface area (Å²) in [5, 5.41) is 14.3. The molecule has 2 aromatic rings. The Morgan fingerprint density at radius 1 is 1.50 bits per heavy atom. The van der Waals surface area contributed by atoms with Crippen LogP contribution in [0.3, 0.4) is 0 Å². The third-order valence-corrected chi connectivity index (χ3v) is 2.62. The maximum absolute atomic E-state index is 4.31. The molecule has 1 aliphatic carbocycles. The molecule has 1 aliphatic rings. The van der Waals surface area contributed by atoms with Gasteiger partial charge in [-0.1, -0.05) is 0 Å². The first-order chi connectivity index (χ1) is 6.92. The maximum atomic E-state index is 4.31. The Bertz CT molecular complexity index is 417. The van der Waals surface area contributed by atoms with Crippen LogP contribution in [-0.4, -0.2) is 30.8 Å². The van der Waals surface area contributed by atoms with Gasteiger partial charge < -0.3 is 5.32 Å². The minimum absolute atomic E-state index is 0.605. The fourth-order valence-corrected chi connectivity index (χ4v) is 1.75. The molecule has 0 radical (unpaired) electrons. The summed E-state index contributed by atoms with van der Waals surface area (Å²) in [6.07, 6.45) is 4.08. The van der Waals surface area contributed by atoms with E-state index in [0.29, 0.717) is 17.6 Å². The molecular weight excluding hydrogens is 200 g/mol. The highest BCUT2D eigenvalue weighted by atomic mass is 32.1. The monoisotopic (exact) mass is 208 g/mol. The van der Waals surface area contributed by atoms with Crippen molar-refractivity contribution in [2.24, 2.45) is 0 Å². The van der Waals surface area contributed by atoms with Crippen molar-refractivity contribution in [2.45, 2.75) is 18.9 Å². The zero-order valence-electron chi connectivity index (χ0n) is 7.27. The van der Waals surface area contributed by atoms with Gasteiger partial charge in [-0.25, -0.2) is 0 Å². The number of aromatic amines is 1. The Morgan fingerprint density at radius 3 is 3.14 bits per heavy atom. The van der Waals surface area contributed by atoms with Crippen molar-refractivity contribution in [3.63, 3.8) is 0 Å². The molecule has 0 bridgehead atoms. The van der Waals surface area contributed by atoms with E-state index in [1.165, 1.54) is 24.4 Å². The van der Waals surface area contributed by atoms with E-state index >= 15 is 0 Å². The first kappa shape index (κ1) is 7.86. The van der Waals surface area contributed by atoms with E-state index in [9.17, 15) is 0 Å². The predicted molar refractivity (Wildman–Crippen MR) is 51.9 cm³/mol. The molecule has 0 atom stereocenters. The summed E-state index contributed by atoms with van der Waals surface area (Å²) < 4.78 is 4.19. The normalized spacial score (nSPS) is 15.7. The van der Waals surface area contributed by atoms with Gasteiger partial charge in [0.2, 0.25) is 5.13 Å². The van der Waals surface area contributed by atoms with Crippen molar-refractivity contribution in [2.75, 3.05) is 5.32 Å². The highest BCUT2D eigenvalue weighted by molar-refractivity contribution is 7.09. The number of H-pyrrole nitrogens is 1. The van der Waals surface area contributed by atoms with Gasteiger partial charge in [-0.15, -0.1) is 0 Å². The van der Waals surface area contributed by atoms with Crippen LogP contribution in [0.15, 0.2) is 6.20 Å². The molecule has 72 valence electrons. The van der Waals surface area contributed by atoms with Crippen LogP contribution in [-0.2, 0) is 0 Å². The lowest BCUT2D eigenvalue weighted by Gasteiger charge is -1.93. The van der Waals surface area contributed by atoms with E-state index in [4.69, 9.17) is 0 Å². The number of nitrogens with zero attached hydrogens (tertiary/aromatic N) is 4.